The van der Waals surface area contributed by atoms with Gasteiger partial charge < -0.3 is 14.5 Å². The van der Waals surface area contributed by atoms with Crippen molar-refractivity contribution in [3.05, 3.63) is 71.8 Å². The molecule has 36 heavy (non-hydrogen) atoms. The number of ether oxygens (including phenoxy) is 1. The summed E-state index contributed by atoms with van der Waals surface area (Å²) in [5, 5.41) is 0. The Balaban J connectivity index is 1.65. The van der Waals surface area contributed by atoms with E-state index in [-0.39, 0.29) is 30.8 Å². The van der Waals surface area contributed by atoms with Crippen molar-refractivity contribution >= 4 is 23.7 Å². The topological polar surface area (TPSA) is 82.5 Å². The molecule has 2 amide bonds. The summed E-state index contributed by atoms with van der Waals surface area (Å²) in [4.78, 5) is 51.9. The quantitative estimate of drug-likeness (QED) is 0.440. The number of esters is 1. The highest BCUT2D eigenvalue weighted by Crippen LogP contribution is 2.53. The van der Waals surface area contributed by atoms with Gasteiger partial charge in [0, 0.05) is 26.6 Å². The number of fused-ring (bicyclic) bond motifs is 3. The Morgan fingerprint density at radius 2 is 1.67 bits per heavy atom. The average Bonchev–Trinajstić information content (AvgIpc) is 3.45. The number of carbonyl (C=O) groups excluding carboxylic acids is 3. The van der Waals surface area contributed by atoms with E-state index >= 15 is 0 Å². The van der Waals surface area contributed by atoms with Crippen LogP contribution in [0.5, 0.6) is 0 Å². The molecule has 2 aromatic rings. The number of likely N-dealkylation sites (tertiary alicyclic amines) is 1. The lowest BCUT2D eigenvalue weighted by Crippen LogP contribution is -2.61. The van der Waals surface area contributed by atoms with Crippen LogP contribution in [0, 0.1) is 11.8 Å². The fourth-order valence-corrected chi connectivity index (χ4v) is 6.22. The minimum absolute atomic E-state index is 0.188. The number of amides is 2. The molecule has 3 heterocycles. The van der Waals surface area contributed by atoms with E-state index in [1.165, 1.54) is 12.0 Å². The Hall–Kier alpha value is -3.68. The van der Waals surface area contributed by atoms with Gasteiger partial charge in [0.25, 0.3) is 0 Å². The van der Waals surface area contributed by atoms with Gasteiger partial charge in [0.15, 0.2) is 11.5 Å². The lowest BCUT2D eigenvalue weighted by atomic mass is 9.76. The van der Waals surface area contributed by atoms with Gasteiger partial charge in [-0.15, -0.1) is 0 Å². The Morgan fingerprint density at radius 3 is 2.28 bits per heavy atom. The highest BCUT2D eigenvalue weighted by atomic mass is 16.5. The van der Waals surface area contributed by atoms with Gasteiger partial charge in [-0.1, -0.05) is 67.6 Å². The summed E-state index contributed by atoms with van der Waals surface area (Å²) in [6, 6.07) is 18.8. The molecule has 0 radical (unpaired) electrons. The van der Waals surface area contributed by atoms with Crippen LogP contribution in [0.15, 0.2) is 65.7 Å². The standard InChI is InChI=1S/C28H32N4O4/c1-4-15-29-27-30(2)18-21-22-23(25(34)31(24(22)33)17-20-13-9-6-10-14-20)28(32(21)27,26(35)36-3)16-19-11-7-5-8-12-19/h5-14,21-23H,4,15-18H2,1-3H3/t21-,22+,23-,28-/m1/s1. The Morgan fingerprint density at radius 1 is 1.03 bits per heavy atom. The average molecular weight is 489 g/mol. The van der Waals surface area contributed by atoms with E-state index in [4.69, 9.17) is 9.73 Å². The lowest BCUT2D eigenvalue weighted by molar-refractivity contribution is -0.158. The molecule has 0 spiro atoms. The summed E-state index contributed by atoms with van der Waals surface area (Å²) in [7, 11) is 3.28. The number of hydrogen-bond acceptors (Lipinski definition) is 5. The molecule has 3 fully saturated rings. The summed E-state index contributed by atoms with van der Waals surface area (Å²) >= 11 is 0. The SMILES string of the molecule is CCCN=C1N(C)C[C@@H]2[C@@H]3C(=O)N(Cc4ccccc4)C(=O)[C@@H]3[C@](Cc3ccccc3)(C(=O)OC)N12. The van der Waals surface area contributed by atoms with Crippen molar-refractivity contribution in [2.24, 2.45) is 16.8 Å². The van der Waals surface area contributed by atoms with Gasteiger partial charge in [-0.25, -0.2) is 4.79 Å². The second-order valence-electron chi connectivity index (χ2n) is 9.83. The van der Waals surface area contributed by atoms with Gasteiger partial charge in [0.05, 0.1) is 31.5 Å². The number of imide groups is 1. The van der Waals surface area contributed by atoms with Gasteiger partial charge in [-0.2, -0.15) is 0 Å². The van der Waals surface area contributed by atoms with E-state index < -0.39 is 23.3 Å². The molecule has 0 N–H and O–H groups in total. The molecule has 0 aromatic heterocycles. The largest absolute Gasteiger partial charge is 0.467 e. The van der Waals surface area contributed by atoms with Crippen molar-refractivity contribution in [3.63, 3.8) is 0 Å². The summed E-state index contributed by atoms with van der Waals surface area (Å²) < 4.78 is 5.42. The zero-order chi connectivity index (χ0) is 25.4. The summed E-state index contributed by atoms with van der Waals surface area (Å²) in [6.07, 6.45) is 1.09. The van der Waals surface area contributed by atoms with Crippen molar-refractivity contribution in [1.29, 1.82) is 0 Å². The van der Waals surface area contributed by atoms with E-state index in [0.29, 0.717) is 19.0 Å². The van der Waals surface area contributed by atoms with Crippen LogP contribution in [0.1, 0.15) is 24.5 Å². The second kappa shape index (κ2) is 9.41. The molecule has 5 rings (SSSR count). The Kier molecular flexibility index (Phi) is 6.28. The molecular formula is C28H32N4O4. The molecule has 3 saturated heterocycles. The van der Waals surface area contributed by atoms with Gasteiger partial charge in [-0.3, -0.25) is 19.5 Å². The first kappa shape index (κ1) is 24.0. The monoisotopic (exact) mass is 488 g/mol. The van der Waals surface area contributed by atoms with Gasteiger partial charge in [0.2, 0.25) is 11.8 Å². The van der Waals surface area contributed by atoms with Crippen LogP contribution >= 0.6 is 0 Å². The predicted molar refractivity (Wildman–Crippen MR) is 135 cm³/mol. The molecule has 0 bridgehead atoms. The second-order valence-corrected chi connectivity index (χ2v) is 9.83. The molecule has 2 aromatic carbocycles. The zero-order valence-corrected chi connectivity index (χ0v) is 21.0. The van der Waals surface area contributed by atoms with Gasteiger partial charge in [-0.05, 0) is 17.5 Å². The third-order valence-corrected chi connectivity index (χ3v) is 7.67. The van der Waals surface area contributed by atoms with Crippen LogP contribution < -0.4 is 0 Å². The number of likely N-dealkylation sites (N-methyl/N-ethyl adjacent to an activating group) is 1. The molecule has 4 atom stereocenters. The number of rotatable bonds is 7. The first-order valence-corrected chi connectivity index (χ1v) is 12.5. The Labute approximate surface area is 211 Å². The summed E-state index contributed by atoms with van der Waals surface area (Å²) in [5.74, 6) is -1.92. The highest BCUT2D eigenvalue weighted by molar-refractivity contribution is 6.11. The van der Waals surface area contributed by atoms with Gasteiger partial charge >= 0.3 is 5.97 Å². The Bertz CT molecular complexity index is 1180. The maximum absolute atomic E-state index is 14.1. The molecule has 8 heteroatoms. The van der Waals surface area contributed by atoms with E-state index in [1.807, 2.05) is 84.4 Å². The molecule has 0 unspecified atom stereocenters. The van der Waals surface area contributed by atoms with Crippen LogP contribution in [0.25, 0.3) is 0 Å². The van der Waals surface area contributed by atoms with Crippen molar-refractivity contribution in [2.45, 2.75) is 37.9 Å². The molecule has 3 aliphatic rings. The maximum atomic E-state index is 14.1. The summed E-state index contributed by atoms with van der Waals surface area (Å²) in [5.41, 5.74) is 0.394. The van der Waals surface area contributed by atoms with E-state index in [0.717, 1.165) is 17.5 Å². The number of guanidine groups is 1. The van der Waals surface area contributed by atoms with E-state index in [2.05, 4.69) is 0 Å². The van der Waals surface area contributed by atoms with Crippen LogP contribution in [0.4, 0.5) is 0 Å². The third-order valence-electron chi connectivity index (χ3n) is 7.67. The van der Waals surface area contributed by atoms with Crippen LogP contribution in [0.3, 0.4) is 0 Å². The fourth-order valence-electron chi connectivity index (χ4n) is 6.22. The number of hydrogen-bond donors (Lipinski definition) is 0. The van der Waals surface area contributed by atoms with Crippen LogP contribution in [0.2, 0.25) is 0 Å². The molecule has 0 aliphatic carbocycles. The maximum Gasteiger partial charge on any atom is 0.333 e. The minimum atomic E-state index is -1.37. The highest BCUT2D eigenvalue weighted by Gasteiger charge is 2.74. The number of aliphatic imine (C=N–C) groups is 1. The van der Waals surface area contributed by atoms with Crippen LogP contribution in [-0.2, 0) is 32.1 Å². The van der Waals surface area contributed by atoms with Crippen molar-refractivity contribution in [1.82, 2.24) is 14.7 Å². The number of methoxy groups -OCH3 is 1. The normalized spacial score (nSPS) is 28.1. The molecule has 8 nitrogen and oxygen atoms in total. The van der Waals surface area contributed by atoms with E-state index in [9.17, 15) is 14.4 Å². The van der Waals surface area contributed by atoms with E-state index in [1.54, 1.807) is 0 Å². The molecule has 188 valence electrons. The fraction of sp³-hybridized carbons (Fsp3) is 0.429. The number of benzene rings is 2. The molecule has 3 aliphatic heterocycles. The third kappa shape index (κ3) is 3.58. The molecular weight excluding hydrogens is 456 g/mol. The lowest BCUT2D eigenvalue weighted by Gasteiger charge is -2.40. The minimum Gasteiger partial charge on any atom is -0.467 e. The number of carbonyl (C=O) groups is 3. The smallest absolute Gasteiger partial charge is 0.333 e. The summed E-state index contributed by atoms with van der Waals surface area (Å²) in [6.45, 7) is 3.33. The first-order valence-electron chi connectivity index (χ1n) is 12.5. The number of nitrogens with zero attached hydrogens (tertiary/aromatic N) is 4. The van der Waals surface area contributed by atoms with Crippen molar-refractivity contribution in [3.8, 4) is 0 Å². The predicted octanol–water partition coefficient (Wildman–Crippen LogP) is 2.34. The molecule has 0 saturated carbocycles. The first-order chi connectivity index (χ1) is 17.4. The zero-order valence-electron chi connectivity index (χ0n) is 21.0. The van der Waals surface area contributed by atoms with Crippen LogP contribution in [-0.4, -0.2) is 77.3 Å². The van der Waals surface area contributed by atoms with Crippen molar-refractivity contribution < 1.29 is 19.1 Å². The van der Waals surface area contributed by atoms with Crippen molar-refractivity contribution in [2.75, 3.05) is 27.2 Å². The van der Waals surface area contributed by atoms with Gasteiger partial charge in [0.1, 0.15) is 0 Å².